The molecule has 0 bridgehead atoms. The molecule has 0 saturated carbocycles. The number of ether oxygens (including phenoxy) is 1. The van der Waals surface area contributed by atoms with Crippen molar-refractivity contribution in [2.45, 2.75) is 32.2 Å². The zero-order valence-electron chi connectivity index (χ0n) is 16.8. The highest BCUT2D eigenvalue weighted by molar-refractivity contribution is 5.97. The summed E-state index contributed by atoms with van der Waals surface area (Å²) in [5, 5.41) is 9.04. The Labute approximate surface area is 172 Å². The van der Waals surface area contributed by atoms with E-state index in [2.05, 4.69) is 28.1 Å². The van der Waals surface area contributed by atoms with E-state index in [1.807, 2.05) is 42.5 Å². The molecule has 1 heterocycles. The largest absolute Gasteiger partial charge is 0.385 e. The molecule has 0 radical (unpaired) electrons. The van der Waals surface area contributed by atoms with Crippen LogP contribution >= 0.6 is 0 Å². The molecule has 3 rings (SSSR count). The van der Waals surface area contributed by atoms with Gasteiger partial charge in [-0.05, 0) is 56.0 Å². The Morgan fingerprint density at radius 3 is 2.34 bits per heavy atom. The number of nitrogens with one attached hydrogen (secondary N) is 3. The second kappa shape index (κ2) is 10.6. The molecular formula is C23H29N3O3. The minimum absolute atomic E-state index is 0.0692. The Balaban J connectivity index is 1.42. The van der Waals surface area contributed by atoms with Gasteiger partial charge in [0.25, 0.3) is 0 Å². The standard InChI is InChI=1S/C23H29N3O3/c1-17(25-23(28)19-12-15-29-16-13-19)22(27)26-21-9-7-20(8-10-21)24-14-11-18-5-3-2-4-6-18/h2-10,17,19,24H,11-16H2,1H3,(H,25,28)(H,26,27)/t17-/m0/s1. The summed E-state index contributed by atoms with van der Waals surface area (Å²) in [5.74, 6) is -0.371. The lowest BCUT2D eigenvalue weighted by atomic mass is 9.99. The number of amides is 2. The second-order valence-corrected chi connectivity index (χ2v) is 7.35. The third-order valence-electron chi connectivity index (χ3n) is 5.08. The summed E-state index contributed by atoms with van der Waals surface area (Å²) in [6, 6.07) is 17.3. The third-order valence-corrected chi connectivity index (χ3v) is 5.08. The highest BCUT2D eigenvalue weighted by atomic mass is 16.5. The van der Waals surface area contributed by atoms with Gasteiger partial charge in [0.15, 0.2) is 0 Å². The van der Waals surface area contributed by atoms with Crippen molar-refractivity contribution in [1.29, 1.82) is 0 Å². The molecule has 0 unspecified atom stereocenters. The lowest BCUT2D eigenvalue weighted by Gasteiger charge is -2.23. The van der Waals surface area contributed by atoms with E-state index < -0.39 is 6.04 Å². The fourth-order valence-corrected chi connectivity index (χ4v) is 3.27. The van der Waals surface area contributed by atoms with Gasteiger partial charge in [-0.15, -0.1) is 0 Å². The summed E-state index contributed by atoms with van der Waals surface area (Å²) in [6.07, 6.45) is 2.36. The zero-order valence-corrected chi connectivity index (χ0v) is 16.8. The molecule has 1 aliphatic heterocycles. The van der Waals surface area contributed by atoms with Crippen LogP contribution in [0.3, 0.4) is 0 Å². The molecule has 1 saturated heterocycles. The number of rotatable bonds is 8. The summed E-state index contributed by atoms with van der Waals surface area (Å²) in [4.78, 5) is 24.6. The molecule has 0 spiro atoms. The number of carbonyl (C=O) groups excluding carboxylic acids is 2. The van der Waals surface area contributed by atoms with E-state index in [-0.39, 0.29) is 17.7 Å². The molecule has 6 nitrogen and oxygen atoms in total. The molecule has 1 aliphatic rings. The molecule has 29 heavy (non-hydrogen) atoms. The average Bonchev–Trinajstić information content (AvgIpc) is 2.76. The lowest BCUT2D eigenvalue weighted by molar-refractivity contribution is -0.131. The maximum Gasteiger partial charge on any atom is 0.246 e. The first-order valence-corrected chi connectivity index (χ1v) is 10.2. The van der Waals surface area contributed by atoms with Crippen molar-refractivity contribution < 1.29 is 14.3 Å². The molecule has 0 aromatic heterocycles. The van der Waals surface area contributed by atoms with E-state index in [4.69, 9.17) is 4.74 Å². The maximum absolute atomic E-state index is 12.4. The molecule has 154 valence electrons. The molecule has 1 fully saturated rings. The lowest BCUT2D eigenvalue weighted by Crippen LogP contribution is -2.45. The van der Waals surface area contributed by atoms with Gasteiger partial charge in [0.05, 0.1) is 0 Å². The minimum atomic E-state index is -0.589. The SMILES string of the molecule is C[C@H](NC(=O)C1CCOCC1)C(=O)Nc1ccc(NCCc2ccccc2)cc1. The van der Waals surface area contributed by atoms with Crippen LogP contribution in [-0.2, 0) is 20.7 Å². The van der Waals surface area contributed by atoms with Crippen LogP contribution in [-0.4, -0.2) is 37.6 Å². The van der Waals surface area contributed by atoms with Gasteiger partial charge in [0.2, 0.25) is 11.8 Å². The molecule has 3 N–H and O–H groups in total. The quantitative estimate of drug-likeness (QED) is 0.641. The van der Waals surface area contributed by atoms with Crippen molar-refractivity contribution >= 4 is 23.2 Å². The Bertz CT molecular complexity index is 787. The first-order chi connectivity index (χ1) is 14.1. The van der Waals surface area contributed by atoms with E-state index in [0.29, 0.717) is 31.7 Å². The fourth-order valence-electron chi connectivity index (χ4n) is 3.27. The topological polar surface area (TPSA) is 79.5 Å². The molecule has 1 atom stereocenters. The van der Waals surface area contributed by atoms with Crippen molar-refractivity contribution in [3.8, 4) is 0 Å². The zero-order chi connectivity index (χ0) is 20.5. The van der Waals surface area contributed by atoms with Crippen LogP contribution < -0.4 is 16.0 Å². The van der Waals surface area contributed by atoms with Crippen LogP contribution in [0, 0.1) is 5.92 Å². The maximum atomic E-state index is 12.4. The fraction of sp³-hybridized carbons (Fsp3) is 0.391. The molecule has 2 aromatic carbocycles. The number of anilines is 2. The van der Waals surface area contributed by atoms with E-state index >= 15 is 0 Å². The van der Waals surface area contributed by atoms with E-state index in [1.165, 1.54) is 5.56 Å². The third kappa shape index (κ3) is 6.61. The van der Waals surface area contributed by atoms with Gasteiger partial charge in [-0.2, -0.15) is 0 Å². The average molecular weight is 396 g/mol. The van der Waals surface area contributed by atoms with Gasteiger partial charge in [0.1, 0.15) is 6.04 Å². The van der Waals surface area contributed by atoms with E-state index in [1.54, 1.807) is 6.92 Å². The van der Waals surface area contributed by atoms with Crippen LogP contribution in [0.15, 0.2) is 54.6 Å². The van der Waals surface area contributed by atoms with E-state index in [0.717, 1.165) is 18.7 Å². The number of hydrogen-bond donors (Lipinski definition) is 3. The van der Waals surface area contributed by atoms with E-state index in [9.17, 15) is 9.59 Å². The molecule has 0 aliphatic carbocycles. The van der Waals surface area contributed by atoms with Crippen molar-refractivity contribution in [1.82, 2.24) is 5.32 Å². The summed E-state index contributed by atoms with van der Waals surface area (Å²) in [5.41, 5.74) is 3.00. The van der Waals surface area contributed by atoms with Gasteiger partial charge in [-0.1, -0.05) is 30.3 Å². The van der Waals surface area contributed by atoms with Crippen LogP contribution in [0.25, 0.3) is 0 Å². The summed E-state index contributed by atoms with van der Waals surface area (Å²) in [6.45, 7) is 3.74. The predicted octanol–water partition coefficient (Wildman–Crippen LogP) is 3.21. The Morgan fingerprint density at radius 1 is 1.00 bits per heavy atom. The highest BCUT2D eigenvalue weighted by Crippen LogP contribution is 2.16. The normalized spacial score (nSPS) is 15.3. The number of hydrogen-bond acceptors (Lipinski definition) is 4. The summed E-state index contributed by atoms with van der Waals surface area (Å²) in [7, 11) is 0. The van der Waals surface area contributed by atoms with Crippen LogP contribution in [0.1, 0.15) is 25.3 Å². The van der Waals surface area contributed by atoms with Gasteiger partial charge >= 0.3 is 0 Å². The van der Waals surface area contributed by atoms with Gasteiger partial charge in [0, 0.05) is 37.1 Å². The van der Waals surface area contributed by atoms with Crippen molar-refractivity contribution in [2.24, 2.45) is 5.92 Å². The monoisotopic (exact) mass is 395 g/mol. The summed E-state index contributed by atoms with van der Waals surface area (Å²) >= 11 is 0. The van der Waals surface area contributed by atoms with Gasteiger partial charge in [-0.3, -0.25) is 9.59 Å². The Morgan fingerprint density at radius 2 is 1.66 bits per heavy atom. The number of carbonyl (C=O) groups is 2. The van der Waals surface area contributed by atoms with Gasteiger partial charge < -0.3 is 20.7 Å². The molecular weight excluding hydrogens is 366 g/mol. The minimum Gasteiger partial charge on any atom is -0.385 e. The van der Waals surface area contributed by atoms with Crippen molar-refractivity contribution in [3.05, 3.63) is 60.2 Å². The first-order valence-electron chi connectivity index (χ1n) is 10.2. The Kier molecular flexibility index (Phi) is 7.64. The van der Waals surface area contributed by atoms with Crippen LogP contribution in [0.2, 0.25) is 0 Å². The van der Waals surface area contributed by atoms with Gasteiger partial charge in [-0.25, -0.2) is 0 Å². The molecule has 2 amide bonds. The summed E-state index contributed by atoms with van der Waals surface area (Å²) < 4.78 is 5.27. The first kappa shape index (κ1) is 20.9. The number of benzene rings is 2. The highest BCUT2D eigenvalue weighted by Gasteiger charge is 2.24. The van der Waals surface area contributed by atoms with Crippen LogP contribution in [0.5, 0.6) is 0 Å². The second-order valence-electron chi connectivity index (χ2n) is 7.35. The van der Waals surface area contributed by atoms with Crippen LogP contribution in [0.4, 0.5) is 11.4 Å². The molecule has 2 aromatic rings. The van der Waals surface area contributed by atoms with Crippen molar-refractivity contribution in [3.63, 3.8) is 0 Å². The Hall–Kier alpha value is -2.86. The van der Waals surface area contributed by atoms with Crippen molar-refractivity contribution in [2.75, 3.05) is 30.4 Å². The molecule has 6 heteroatoms. The predicted molar refractivity (Wildman–Crippen MR) is 115 cm³/mol. The smallest absolute Gasteiger partial charge is 0.246 e.